The molecule has 144 valence electrons. The molecule has 0 unspecified atom stereocenters. The van der Waals surface area contributed by atoms with Gasteiger partial charge >= 0.3 is 5.97 Å². The molecule has 0 heterocycles. The Morgan fingerprint density at radius 2 is 1.21 bits per heavy atom. The fourth-order valence-electron chi connectivity index (χ4n) is 3.16. The number of carbonyl (C=O) groups excluding carboxylic acids is 1. The zero-order chi connectivity index (χ0) is 19.7. The third-order valence-electron chi connectivity index (χ3n) is 4.45. The zero-order valence-corrected chi connectivity index (χ0v) is 16.9. The van der Waals surface area contributed by atoms with Gasteiger partial charge in [-0.2, -0.15) is 0 Å². The van der Waals surface area contributed by atoms with Crippen molar-refractivity contribution in [2.75, 3.05) is 13.2 Å². The molecular weight excluding hydrogens is 367 g/mol. The molecule has 0 aromatic heterocycles. The standard InChI is InChI=1S/C24H25O3P/c1-2-27-24(25)18-19-26-20-28(21-12-6-3-7-13-21,22-14-8-4-9-15-22)23-16-10-5-11-17-23/h3-17,20H,2,18-19H2,1H3. The molecule has 0 fully saturated rings. The van der Waals surface area contributed by atoms with Gasteiger partial charge in [-0.25, -0.2) is 0 Å². The second-order valence-corrected chi connectivity index (χ2v) is 9.47. The number of hydrogen-bond acceptors (Lipinski definition) is 3. The van der Waals surface area contributed by atoms with Crippen LogP contribution in [0.15, 0.2) is 91.0 Å². The van der Waals surface area contributed by atoms with E-state index in [1.165, 1.54) is 15.9 Å². The summed E-state index contributed by atoms with van der Waals surface area (Å²) in [5.41, 5.74) is 0. The molecule has 0 bridgehead atoms. The molecule has 0 spiro atoms. The molecule has 0 N–H and O–H groups in total. The SMILES string of the molecule is CCOC(=O)CCOC=P(c1ccccc1)(c1ccccc1)c1ccccc1. The quantitative estimate of drug-likeness (QED) is 0.333. The van der Waals surface area contributed by atoms with Gasteiger partial charge in [0.1, 0.15) is 0 Å². The normalized spacial score (nSPS) is 11.0. The third kappa shape index (κ3) is 4.62. The van der Waals surface area contributed by atoms with Crippen LogP contribution in [-0.4, -0.2) is 25.2 Å². The lowest BCUT2D eigenvalue weighted by molar-refractivity contribution is -0.143. The molecule has 28 heavy (non-hydrogen) atoms. The second-order valence-electron chi connectivity index (χ2n) is 6.26. The van der Waals surface area contributed by atoms with Crippen molar-refractivity contribution in [3.05, 3.63) is 91.0 Å². The van der Waals surface area contributed by atoms with E-state index in [1.54, 1.807) is 0 Å². The first kappa shape index (κ1) is 20.1. The lowest BCUT2D eigenvalue weighted by atomic mass is 10.4. The topological polar surface area (TPSA) is 35.5 Å². The summed E-state index contributed by atoms with van der Waals surface area (Å²) in [5, 5.41) is 3.63. The highest BCUT2D eigenvalue weighted by Crippen LogP contribution is 2.43. The number of hydrogen-bond donors (Lipinski definition) is 0. The summed E-state index contributed by atoms with van der Waals surface area (Å²) in [5.74, 6) is 1.73. The molecule has 3 nitrogen and oxygen atoms in total. The molecule has 4 heteroatoms. The van der Waals surface area contributed by atoms with Crippen LogP contribution in [0.4, 0.5) is 0 Å². The molecular formula is C24H25O3P. The minimum Gasteiger partial charge on any atom is -0.466 e. The van der Waals surface area contributed by atoms with Crippen LogP contribution in [0.1, 0.15) is 13.3 Å². The van der Waals surface area contributed by atoms with Gasteiger partial charge in [0.25, 0.3) is 0 Å². The minimum absolute atomic E-state index is 0.237. The Hall–Kier alpha value is -2.61. The van der Waals surface area contributed by atoms with Crippen LogP contribution < -0.4 is 15.9 Å². The van der Waals surface area contributed by atoms with E-state index in [2.05, 4.69) is 72.8 Å². The summed E-state index contributed by atoms with van der Waals surface area (Å²) in [6, 6.07) is 31.3. The molecule has 3 rings (SSSR count). The highest BCUT2D eigenvalue weighted by atomic mass is 31.2. The minimum atomic E-state index is -2.13. The van der Waals surface area contributed by atoms with Crippen molar-refractivity contribution in [3.63, 3.8) is 0 Å². The molecule has 0 saturated heterocycles. The first-order valence-electron chi connectivity index (χ1n) is 9.44. The average Bonchev–Trinajstić information content (AvgIpc) is 2.76. The smallest absolute Gasteiger partial charge is 0.308 e. The summed E-state index contributed by atoms with van der Waals surface area (Å²) >= 11 is 0. The summed E-state index contributed by atoms with van der Waals surface area (Å²) in [4.78, 5) is 11.7. The number of esters is 1. The highest BCUT2D eigenvalue weighted by molar-refractivity contribution is 7.94. The largest absolute Gasteiger partial charge is 0.466 e. The van der Waals surface area contributed by atoms with E-state index in [4.69, 9.17) is 9.47 Å². The predicted molar refractivity (Wildman–Crippen MR) is 118 cm³/mol. The molecule has 0 saturated carbocycles. The lowest BCUT2D eigenvalue weighted by Gasteiger charge is -2.28. The fourth-order valence-corrected chi connectivity index (χ4v) is 6.67. The number of rotatable bonds is 8. The average molecular weight is 392 g/mol. The van der Waals surface area contributed by atoms with Crippen LogP contribution in [0.5, 0.6) is 0 Å². The van der Waals surface area contributed by atoms with Crippen molar-refractivity contribution in [1.29, 1.82) is 0 Å². The Kier molecular flexibility index (Phi) is 7.25. The van der Waals surface area contributed by atoms with Gasteiger partial charge in [-0.1, -0.05) is 91.0 Å². The van der Waals surface area contributed by atoms with Crippen LogP contribution in [0.2, 0.25) is 0 Å². The van der Waals surface area contributed by atoms with Crippen LogP contribution in [0.25, 0.3) is 0 Å². The van der Waals surface area contributed by atoms with Crippen LogP contribution in [0.3, 0.4) is 0 Å². The molecule has 0 aliphatic heterocycles. The zero-order valence-electron chi connectivity index (χ0n) is 16.0. The Labute approximate surface area is 166 Å². The number of ether oxygens (including phenoxy) is 2. The van der Waals surface area contributed by atoms with Crippen molar-refractivity contribution in [1.82, 2.24) is 0 Å². The van der Waals surface area contributed by atoms with E-state index in [0.717, 1.165) is 0 Å². The van der Waals surface area contributed by atoms with Gasteiger partial charge < -0.3 is 9.47 Å². The molecule has 0 amide bonds. The fraction of sp³-hybridized carbons (Fsp3) is 0.167. The number of carbonyl (C=O) groups is 1. The highest BCUT2D eigenvalue weighted by Gasteiger charge is 2.25. The van der Waals surface area contributed by atoms with Crippen LogP contribution >= 0.6 is 6.89 Å². The van der Waals surface area contributed by atoms with Gasteiger partial charge in [-0.05, 0) is 29.7 Å². The molecule has 0 aliphatic rings. The van der Waals surface area contributed by atoms with Crippen molar-refractivity contribution < 1.29 is 14.3 Å². The Bertz CT molecular complexity index is 818. The van der Waals surface area contributed by atoms with Crippen LogP contribution in [0, 0.1) is 0 Å². The molecule has 0 radical (unpaired) electrons. The monoisotopic (exact) mass is 392 g/mol. The Balaban J connectivity index is 2.09. The van der Waals surface area contributed by atoms with E-state index in [0.29, 0.717) is 13.2 Å². The van der Waals surface area contributed by atoms with Gasteiger partial charge in [0.15, 0.2) is 0 Å². The first-order chi connectivity index (χ1) is 13.8. The van der Waals surface area contributed by atoms with E-state index in [9.17, 15) is 4.79 Å². The van der Waals surface area contributed by atoms with Crippen LogP contribution in [-0.2, 0) is 14.3 Å². The van der Waals surface area contributed by atoms with Gasteiger partial charge in [0, 0.05) is 5.98 Å². The van der Waals surface area contributed by atoms with Gasteiger partial charge in [0.05, 0.1) is 19.6 Å². The van der Waals surface area contributed by atoms with E-state index in [1.807, 2.05) is 31.1 Å². The molecule has 3 aromatic carbocycles. The third-order valence-corrected chi connectivity index (χ3v) is 8.26. The maximum atomic E-state index is 11.7. The van der Waals surface area contributed by atoms with Gasteiger partial charge in [0.2, 0.25) is 0 Å². The lowest BCUT2D eigenvalue weighted by Crippen LogP contribution is -2.27. The van der Waals surface area contributed by atoms with Gasteiger partial charge in [-0.3, -0.25) is 4.79 Å². The first-order valence-corrected chi connectivity index (χ1v) is 11.3. The summed E-state index contributed by atoms with van der Waals surface area (Å²) in [6.07, 6.45) is 0.239. The van der Waals surface area contributed by atoms with E-state index in [-0.39, 0.29) is 12.4 Å². The van der Waals surface area contributed by atoms with Crippen molar-refractivity contribution >= 4 is 34.8 Å². The maximum absolute atomic E-state index is 11.7. The number of benzene rings is 3. The Morgan fingerprint density at radius 1 is 0.786 bits per heavy atom. The van der Waals surface area contributed by atoms with Crippen molar-refractivity contribution in [3.8, 4) is 0 Å². The summed E-state index contributed by atoms with van der Waals surface area (Å²) in [6.45, 7) is 0.364. The van der Waals surface area contributed by atoms with Crippen molar-refractivity contribution in [2.24, 2.45) is 0 Å². The van der Waals surface area contributed by atoms with Gasteiger partial charge in [-0.15, -0.1) is 0 Å². The second kappa shape index (κ2) is 10.1. The molecule has 3 aromatic rings. The van der Waals surface area contributed by atoms with E-state index >= 15 is 0 Å². The Morgan fingerprint density at radius 3 is 1.61 bits per heavy atom. The molecule has 0 atom stereocenters. The predicted octanol–water partition coefficient (Wildman–Crippen LogP) is 3.71. The van der Waals surface area contributed by atoms with Crippen molar-refractivity contribution in [2.45, 2.75) is 13.3 Å². The van der Waals surface area contributed by atoms with E-state index < -0.39 is 6.89 Å². The summed E-state index contributed by atoms with van der Waals surface area (Å²) in [7, 11) is 0. The molecule has 0 aliphatic carbocycles. The maximum Gasteiger partial charge on any atom is 0.308 e. The summed E-state index contributed by atoms with van der Waals surface area (Å²) < 4.78 is 11.0.